The average molecular weight is 417 g/mol. The maximum absolute atomic E-state index is 12.5. The summed E-state index contributed by atoms with van der Waals surface area (Å²) in [6, 6.07) is 12.9. The Kier molecular flexibility index (Phi) is 6.25. The van der Waals surface area contributed by atoms with Gasteiger partial charge in [-0.25, -0.2) is 13.1 Å². The molecule has 0 radical (unpaired) electrons. The minimum Gasteiger partial charge on any atom is -0.497 e. The number of para-hydroxylation sites is 1. The summed E-state index contributed by atoms with van der Waals surface area (Å²) in [5, 5.41) is 12.2. The van der Waals surface area contributed by atoms with Crippen LogP contribution in [0.4, 0.5) is 5.69 Å². The third-order valence-electron chi connectivity index (χ3n) is 4.12. The number of rotatable bonds is 9. The van der Waals surface area contributed by atoms with Crippen LogP contribution < -0.4 is 14.2 Å². The molecule has 0 aliphatic rings. The van der Waals surface area contributed by atoms with Gasteiger partial charge in [0, 0.05) is 18.1 Å². The fraction of sp³-hybridized carbons (Fsp3) is 0.211. The smallest absolute Gasteiger partial charge is 0.293 e. The van der Waals surface area contributed by atoms with E-state index in [2.05, 4.69) is 9.71 Å². The number of fused-ring (bicyclic) bond motifs is 1. The Morgan fingerprint density at radius 1 is 1.17 bits per heavy atom. The van der Waals surface area contributed by atoms with Crippen LogP contribution in [0.3, 0.4) is 0 Å². The molecule has 0 atom stereocenters. The lowest BCUT2D eigenvalue weighted by Crippen LogP contribution is -2.26. The molecule has 0 aliphatic heterocycles. The number of nitrogens with zero attached hydrogens (tertiary/aromatic N) is 2. The lowest BCUT2D eigenvalue weighted by atomic mass is 10.2. The molecule has 0 fully saturated rings. The first-order valence-electron chi connectivity index (χ1n) is 8.71. The fourth-order valence-electron chi connectivity index (χ4n) is 2.73. The monoisotopic (exact) mass is 417 g/mol. The van der Waals surface area contributed by atoms with E-state index in [1.807, 2.05) is 24.3 Å². The van der Waals surface area contributed by atoms with Gasteiger partial charge in [-0.1, -0.05) is 18.2 Å². The molecule has 9 nitrogen and oxygen atoms in total. The molecule has 1 aromatic heterocycles. The Balaban J connectivity index is 1.61. The van der Waals surface area contributed by atoms with Crippen LogP contribution in [0, 0.1) is 10.1 Å². The fourth-order valence-corrected chi connectivity index (χ4v) is 3.95. The average Bonchev–Trinajstić information content (AvgIpc) is 2.73. The molecule has 3 rings (SSSR count). The van der Waals surface area contributed by atoms with Crippen LogP contribution in [0.25, 0.3) is 10.9 Å². The van der Waals surface area contributed by atoms with Crippen molar-refractivity contribution in [1.82, 2.24) is 9.71 Å². The highest BCUT2D eigenvalue weighted by Crippen LogP contribution is 2.28. The van der Waals surface area contributed by atoms with E-state index in [9.17, 15) is 18.5 Å². The van der Waals surface area contributed by atoms with Crippen LogP contribution in [0.15, 0.2) is 59.6 Å². The van der Waals surface area contributed by atoms with Crippen molar-refractivity contribution in [3.05, 3.63) is 64.8 Å². The third-order valence-corrected chi connectivity index (χ3v) is 5.63. The zero-order valence-electron chi connectivity index (χ0n) is 15.6. The molecule has 0 saturated carbocycles. The van der Waals surface area contributed by atoms with Crippen molar-refractivity contribution in [1.29, 1.82) is 0 Å². The van der Waals surface area contributed by atoms with E-state index in [0.29, 0.717) is 12.2 Å². The number of sulfonamides is 1. The molecule has 0 unspecified atom stereocenters. The summed E-state index contributed by atoms with van der Waals surface area (Å²) in [7, 11) is -2.71. The molecule has 1 N–H and O–H groups in total. The quantitative estimate of drug-likeness (QED) is 0.323. The number of methoxy groups -OCH3 is 1. The van der Waals surface area contributed by atoms with Gasteiger partial charge in [-0.3, -0.25) is 15.1 Å². The number of nitro benzene ring substituents is 1. The molecule has 3 aromatic rings. The first kappa shape index (κ1) is 20.5. The van der Waals surface area contributed by atoms with Gasteiger partial charge in [0.05, 0.1) is 24.7 Å². The summed E-state index contributed by atoms with van der Waals surface area (Å²) in [6.45, 7) is 0.312. The standard InChI is InChI=1S/C19H19N3O6S/c1-27-15-8-9-18(16(13-15)22(23)24)29(25,26)21-11-4-12-28-17-7-2-5-14-6-3-10-20-19(14)17/h2-3,5-10,13,21H,4,11-12H2,1H3. The molecule has 10 heteroatoms. The summed E-state index contributed by atoms with van der Waals surface area (Å²) < 4.78 is 37.9. The summed E-state index contributed by atoms with van der Waals surface area (Å²) in [5.41, 5.74) is 0.180. The lowest BCUT2D eigenvalue weighted by molar-refractivity contribution is -0.387. The van der Waals surface area contributed by atoms with Gasteiger partial charge in [-0.2, -0.15) is 0 Å². The summed E-state index contributed by atoms with van der Waals surface area (Å²) >= 11 is 0. The molecule has 0 amide bonds. The van der Waals surface area contributed by atoms with Crippen LogP contribution >= 0.6 is 0 Å². The number of benzene rings is 2. The van der Waals surface area contributed by atoms with Crippen molar-refractivity contribution in [3.63, 3.8) is 0 Å². The highest BCUT2D eigenvalue weighted by molar-refractivity contribution is 7.89. The number of hydrogen-bond donors (Lipinski definition) is 1. The Labute approximate surface area is 167 Å². The van der Waals surface area contributed by atoms with E-state index in [0.717, 1.165) is 23.0 Å². The van der Waals surface area contributed by atoms with Gasteiger partial charge in [0.1, 0.15) is 17.0 Å². The normalized spacial score (nSPS) is 11.3. The lowest BCUT2D eigenvalue weighted by Gasteiger charge is -2.10. The third kappa shape index (κ3) is 4.79. The van der Waals surface area contributed by atoms with Crippen molar-refractivity contribution in [2.24, 2.45) is 0 Å². The van der Waals surface area contributed by atoms with Crippen LogP contribution in [0.2, 0.25) is 0 Å². The van der Waals surface area contributed by atoms with Crippen molar-refractivity contribution < 1.29 is 22.8 Å². The van der Waals surface area contributed by atoms with Gasteiger partial charge in [-0.15, -0.1) is 0 Å². The van der Waals surface area contributed by atoms with E-state index >= 15 is 0 Å². The molecule has 0 bridgehead atoms. The Morgan fingerprint density at radius 2 is 1.97 bits per heavy atom. The van der Waals surface area contributed by atoms with Gasteiger partial charge < -0.3 is 9.47 Å². The van der Waals surface area contributed by atoms with Gasteiger partial charge in [0.15, 0.2) is 4.90 Å². The van der Waals surface area contributed by atoms with Crippen LogP contribution in [0.1, 0.15) is 6.42 Å². The summed E-state index contributed by atoms with van der Waals surface area (Å²) in [5.74, 6) is 0.810. The minimum atomic E-state index is -4.06. The van der Waals surface area contributed by atoms with Gasteiger partial charge >= 0.3 is 0 Å². The summed E-state index contributed by atoms with van der Waals surface area (Å²) in [6.07, 6.45) is 2.04. The highest BCUT2D eigenvalue weighted by atomic mass is 32.2. The molecule has 29 heavy (non-hydrogen) atoms. The van der Waals surface area contributed by atoms with Gasteiger partial charge in [0.25, 0.3) is 5.69 Å². The van der Waals surface area contributed by atoms with Crippen LogP contribution in [-0.4, -0.2) is 38.6 Å². The second kappa shape index (κ2) is 8.84. The Morgan fingerprint density at radius 3 is 2.72 bits per heavy atom. The number of aromatic nitrogens is 1. The molecular formula is C19H19N3O6S. The number of pyridine rings is 1. The zero-order valence-corrected chi connectivity index (χ0v) is 16.4. The van der Waals surface area contributed by atoms with E-state index < -0.39 is 25.5 Å². The molecule has 1 heterocycles. The molecular weight excluding hydrogens is 398 g/mol. The SMILES string of the molecule is COc1ccc(S(=O)(=O)NCCCOc2cccc3cccnc23)c([N+](=O)[O-])c1. The topological polar surface area (TPSA) is 121 Å². The Hall–Kier alpha value is -3.24. The predicted molar refractivity (Wildman–Crippen MR) is 107 cm³/mol. The molecule has 0 aliphatic carbocycles. The number of hydrogen-bond acceptors (Lipinski definition) is 7. The Bertz CT molecular complexity index is 1130. The van der Waals surface area contributed by atoms with E-state index in [4.69, 9.17) is 9.47 Å². The zero-order chi connectivity index (χ0) is 20.9. The molecule has 152 valence electrons. The number of nitrogens with one attached hydrogen (secondary N) is 1. The predicted octanol–water partition coefficient (Wildman–Crippen LogP) is 2.90. The van der Waals surface area contributed by atoms with Crippen molar-refractivity contribution in [2.45, 2.75) is 11.3 Å². The van der Waals surface area contributed by atoms with Crippen LogP contribution in [0.5, 0.6) is 11.5 Å². The van der Waals surface area contributed by atoms with Crippen molar-refractivity contribution in [2.75, 3.05) is 20.3 Å². The first-order chi connectivity index (χ1) is 13.9. The van der Waals surface area contributed by atoms with E-state index in [1.165, 1.54) is 13.2 Å². The second-order valence-corrected chi connectivity index (χ2v) is 7.76. The van der Waals surface area contributed by atoms with Crippen LogP contribution in [-0.2, 0) is 10.0 Å². The van der Waals surface area contributed by atoms with Crippen molar-refractivity contribution in [3.8, 4) is 11.5 Å². The van der Waals surface area contributed by atoms with E-state index in [-0.39, 0.29) is 18.9 Å². The summed E-state index contributed by atoms with van der Waals surface area (Å²) in [4.78, 5) is 14.3. The van der Waals surface area contributed by atoms with Gasteiger partial charge in [0.2, 0.25) is 10.0 Å². The first-order valence-corrected chi connectivity index (χ1v) is 10.2. The number of nitro groups is 1. The second-order valence-electron chi connectivity index (χ2n) is 6.02. The number of ether oxygens (including phenoxy) is 2. The van der Waals surface area contributed by atoms with E-state index in [1.54, 1.807) is 12.3 Å². The highest BCUT2D eigenvalue weighted by Gasteiger charge is 2.26. The maximum atomic E-state index is 12.5. The molecule has 0 saturated heterocycles. The molecule has 0 spiro atoms. The van der Waals surface area contributed by atoms with Crippen molar-refractivity contribution >= 4 is 26.6 Å². The maximum Gasteiger partial charge on any atom is 0.293 e. The van der Waals surface area contributed by atoms with Gasteiger partial charge in [-0.05, 0) is 30.7 Å². The minimum absolute atomic E-state index is 0.0592. The molecule has 2 aromatic carbocycles. The largest absolute Gasteiger partial charge is 0.497 e.